The summed E-state index contributed by atoms with van der Waals surface area (Å²) in [5, 5.41) is 12.6. The summed E-state index contributed by atoms with van der Waals surface area (Å²) in [6, 6.07) is 12.4. The number of anilines is 2. The molecule has 1 saturated carbocycles. The van der Waals surface area contributed by atoms with Crippen molar-refractivity contribution in [2.45, 2.75) is 37.9 Å². The summed E-state index contributed by atoms with van der Waals surface area (Å²) < 4.78 is 6.16. The smallest absolute Gasteiger partial charge is 0.318 e. The highest BCUT2D eigenvalue weighted by Gasteiger charge is 2.35. The molecule has 0 spiro atoms. The molecule has 2 fully saturated rings. The van der Waals surface area contributed by atoms with E-state index in [4.69, 9.17) is 21.3 Å². The number of phenols is 1. The Morgan fingerprint density at radius 2 is 2.05 bits per heavy atom. The topological polar surface area (TPSA) is 89.6 Å². The molecule has 10 nitrogen and oxygen atoms in total. The summed E-state index contributed by atoms with van der Waals surface area (Å²) in [4.78, 5) is 34.5. The summed E-state index contributed by atoms with van der Waals surface area (Å²) in [5.74, 6) is 0.914. The molecule has 1 aromatic heterocycles. The SMILES string of the molecule is [C-]#[N+]C[C@H]1CN(c2nc(OCCN(C)C3CC3)nc3c2CCN(c2cc(O)cc4ccccc24)C3)CCN1C(=O)C=C. The van der Waals surface area contributed by atoms with Gasteiger partial charge in [-0.2, -0.15) is 9.97 Å². The monoisotopic (exact) mass is 567 g/mol. The molecule has 1 aliphatic carbocycles. The molecule has 0 unspecified atom stereocenters. The number of hydrogen-bond acceptors (Lipinski definition) is 8. The van der Waals surface area contributed by atoms with E-state index in [1.165, 1.54) is 18.9 Å². The highest BCUT2D eigenvalue weighted by Crippen LogP contribution is 2.36. The molecule has 3 aromatic rings. The molecule has 0 radical (unpaired) electrons. The maximum absolute atomic E-state index is 12.5. The number of fused-ring (bicyclic) bond motifs is 2. The molecule has 3 heterocycles. The highest BCUT2D eigenvalue weighted by molar-refractivity contribution is 5.95. The predicted molar refractivity (Wildman–Crippen MR) is 163 cm³/mol. The number of benzene rings is 2. The normalized spacial score (nSPS) is 18.6. The van der Waals surface area contributed by atoms with Crippen LogP contribution in [-0.2, 0) is 17.8 Å². The van der Waals surface area contributed by atoms with Crippen LogP contribution in [0.4, 0.5) is 11.5 Å². The van der Waals surface area contributed by atoms with Gasteiger partial charge in [0.1, 0.15) is 24.2 Å². The van der Waals surface area contributed by atoms with Crippen molar-refractivity contribution in [3.05, 3.63) is 71.7 Å². The van der Waals surface area contributed by atoms with Gasteiger partial charge in [-0.3, -0.25) is 4.79 Å². The van der Waals surface area contributed by atoms with Gasteiger partial charge in [-0.15, -0.1) is 0 Å². The van der Waals surface area contributed by atoms with Crippen LogP contribution in [0.5, 0.6) is 11.8 Å². The van der Waals surface area contributed by atoms with Gasteiger partial charge in [0.2, 0.25) is 12.5 Å². The molecule has 1 N–H and O–H groups in total. The van der Waals surface area contributed by atoms with Crippen LogP contribution in [0.15, 0.2) is 49.1 Å². The molecule has 42 heavy (non-hydrogen) atoms. The predicted octanol–water partition coefficient (Wildman–Crippen LogP) is 3.49. The van der Waals surface area contributed by atoms with E-state index in [2.05, 4.69) is 39.2 Å². The second-order valence-electron chi connectivity index (χ2n) is 11.3. The van der Waals surface area contributed by atoms with Gasteiger partial charge in [0.15, 0.2) is 0 Å². The van der Waals surface area contributed by atoms with Crippen molar-refractivity contribution in [2.75, 3.05) is 62.7 Å². The van der Waals surface area contributed by atoms with Crippen molar-refractivity contribution in [3.8, 4) is 11.8 Å². The number of nitrogens with zero attached hydrogens (tertiary/aromatic N) is 7. The van der Waals surface area contributed by atoms with Crippen LogP contribution in [0.25, 0.3) is 15.6 Å². The van der Waals surface area contributed by atoms with E-state index in [-0.39, 0.29) is 24.2 Å². The van der Waals surface area contributed by atoms with Gasteiger partial charge in [-0.25, -0.2) is 6.57 Å². The number of likely N-dealkylation sites (N-methyl/N-ethyl adjacent to an activating group) is 1. The van der Waals surface area contributed by atoms with E-state index in [0.29, 0.717) is 44.8 Å². The molecule has 0 bridgehead atoms. The second kappa shape index (κ2) is 11.9. The number of aromatic nitrogens is 2. The summed E-state index contributed by atoms with van der Waals surface area (Å²) >= 11 is 0. The first-order valence-electron chi connectivity index (χ1n) is 14.7. The zero-order chi connectivity index (χ0) is 29.2. The molecule has 1 atom stereocenters. The van der Waals surface area contributed by atoms with E-state index >= 15 is 0 Å². The lowest BCUT2D eigenvalue weighted by Gasteiger charge is -2.41. The largest absolute Gasteiger partial charge is 0.508 e. The molecular formula is C32H37N7O3. The van der Waals surface area contributed by atoms with E-state index < -0.39 is 0 Å². The fraction of sp³-hybridized carbons (Fsp3) is 0.438. The minimum absolute atomic E-state index is 0.147. The molecule has 2 aliphatic heterocycles. The highest BCUT2D eigenvalue weighted by atomic mass is 16.5. The molecule has 6 rings (SSSR count). The van der Waals surface area contributed by atoms with Crippen molar-refractivity contribution < 1.29 is 14.6 Å². The van der Waals surface area contributed by atoms with Crippen LogP contribution in [0.3, 0.4) is 0 Å². The first kappa shape index (κ1) is 27.8. The van der Waals surface area contributed by atoms with Gasteiger partial charge < -0.3 is 34.3 Å². The van der Waals surface area contributed by atoms with Gasteiger partial charge in [0.25, 0.3) is 0 Å². The standard InChI is InChI=1S/C32H37N7O3/c1-4-30(41)39-14-13-38(20-24(39)19-33-2)31-27-11-12-37(29-18-25(40)17-22-7-5-6-8-26(22)29)21-28(27)34-32(35-31)42-16-15-36(3)23-9-10-23/h4-8,17-18,23-24,40H,1,9-16,19-21H2,3H3/t24-/m0/s1. The van der Waals surface area contributed by atoms with E-state index in [0.717, 1.165) is 53.0 Å². The Morgan fingerprint density at radius 3 is 2.83 bits per heavy atom. The molecular weight excluding hydrogens is 530 g/mol. The lowest BCUT2D eigenvalue weighted by molar-refractivity contribution is -0.128. The van der Waals surface area contributed by atoms with Crippen LogP contribution in [-0.4, -0.2) is 95.8 Å². The molecule has 10 heteroatoms. The zero-order valence-electron chi connectivity index (χ0n) is 24.1. The number of phenolic OH excluding ortho intramolecular Hbond substituents is 1. The summed E-state index contributed by atoms with van der Waals surface area (Å²) in [7, 11) is 2.12. The first-order valence-corrected chi connectivity index (χ1v) is 14.7. The van der Waals surface area contributed by atoms with Gasteiger partial charge in [0, 0.05) is 61.5 Å². The number of aromatic hydroxyl groups is 1. The number of hydrogen-bond donors (Lipinski definition) is 1. The average Bonchev–Trinajstić information content (AvgIpc) is 3.86. The molecule has 1 saturated heterocycles. The number of amides is 1. The van der Waals surface area contributed by atoms with E-state index in [9.17, 15) is 9.90 Å². The quantitative estimate of drug-likeness (QED) is 0.311. The Balaban J connectivity index is 1.31. The number of carbonyl (C=O) groups excluding carboxylic acids is 1. The van der Waals surface area contributed by atoms with Crippen molar-refractivity contribution in [1.82, 2.24) is 19.8 Å². The Kier molecular flexibility index (Phi) is 7.85. The summed E-state index contributed by atoms with van der Waals surface area (Å²) in [6.45, 7) is 15.5. The zero-order valence-corrected chi connectivity index (χ0v) is 24.1. The third kappa shape index (κ3) is 5.70. The molecule has 2 aromatic carbocycles. The summed E-state index contributed by atoms with van der Waals surface area (Å²) in [5.41, 5.74) is 2.94. The van der Waals surface area contributed by atoms with Gasteiger partial charge in [-0.05, 0) is 43.8 Å². The fourth-order valence-electron chi connectivity index (χ4n) is 6.15. The first-order chi connectivity index (χ1) is 20.4. The number of carbonyl (C=O) groups is 1. The number of rotatable bonds is 9. The van der Waals surface area contributed by atoms with Gasteiger partial charge in [-0.1, -0.05) is 30.8 Å². The van der Waals surface area contributed by atoms with Gasteiger partial charge in [0.05, 0.1) is 12.2 Å². The minimum atomic E-state index is -0.248. The Labute approximate surface area is 246 Å². The number of piperazine rings is 1. The molecule has 218 valence electrons. The summed E-state index contributed by atoms with van der Waals surface area (Å²) in [6.07, 6.45) is 4.52. The van der Waals surface area contributed by atoms with Crippen LogP contribution in [0, 0.1) is 6.57 Å². The van der Waals surface area contributed by atoms with E-state index in [1.807, 2.05) is 24.3 Å². The molecule has 1 amide bonds. The lowest BCUT2D eigenvalue weighted by atomic mass is 10.0. The minimum Gasteiger partial charge on any atom is -0.508 e. The maximum atomic E-state index is 12.5. The molecule has 3 aliphatic rings. The Bertz CT molecular complexity index is 1530. The lowest BCUT2D eigenvalue weighted by Crippen LogP contribution is -2.56. The van der Waals surface area contributed by atoms with Gasteiger partial charge >= 0.3 is 6.01 Å². The van der Waals surface area contributed by atoms with Crippen molar-refractivity contribution in [3.63, 3.8) is 0 Å². The fourth-order valence-corrected chi connectivity index (χ4v) is 6.15. The van der Waals surface area contributed by atoms with Crippen LogP contribution in [0.2, 0.25) is 0 Å². The van der Waals surface area contributed by atoms with Crippen molar-refractivity contribution in [1.29, 1.82) is 0 Å². The van der Waals surface area contributed by atoms with E-state index in [1.54, 1.807) is 11.0 Å². The second-order valence-corrected chi connectivity index (χ2v) is 11.3. The number of ether oxygens (including phenoxy) is 1. The Hall–Kier alpha value is -4.36. The maximum Gasteiger partial charge on any atom is 0.318 e. The average molecular weight is 568 g/mol. The third-order valence-electron chi connectivity index (χ3n) is 8.58. The van der Waals surface area contributed by atoms with Crippen LogP contribution < -0.4 is 14.5 Å². The van der Waals surface area contributed by atoms with Crippen LogP contribution >= 0.6 is 0 Å². The van der Waals surface area contributed by atoms with Crippen molar-refractivity contribution in [2.24, 2.45) is 0 Å². The van der Waals surface area contributed by atoms with Crippen molar-refractivity contribution >= 4 is 28.2 Å². The third-order valence-corrected chi connectivity index (χ3v) is 8.58. The Morgan fingerprint density at radius 1 is 1.21 bits per heavy atom. The van der Waals surface area contributed by atoms with Crippen LogP contribution in [0.1, 0.15) is 24.1 Å².